The van der Waals surface area contributed by atoms with Crippen LogP contribution in [0.2, 0.25) is 0 Å². The number of carbonyl (C=O) groups excluding carboxylic acids is 1. The van der Waals surface area contributed by atoms with E-state index in [1.54, 1.807) is 23.7 Å². The van der Waals surface area contributed by atoms with Crippen LogP contribution < -0.4 is 10.6 Å². The number of halogens is 4. The summed E-state index contributed by atoms with van der Waals surface area (Å²) in [5.41, 5.74) is 0.871. The summed E-state index contributed by atoms with van der Waals surface area (Å²) in [5, 5.41) is 14.2. The maximum Gasteiger partial charge on any atom is 0.273 e. The van der Waals surface area contributed by atoms with Gasteiger partial charge in [0.15, 0.2) is 5.69 Å². The Morgan fingerprint density at radius 2 is 1.87 bits per heavy atom. The molecule has 1 fully saturated rings. The Morgan fingerprint density at radius 3 is 2.43 bits per heavy atom. The van der Waals surface area contributed by atoms with Crippen molar-refractivity contribution in [2.75, 3.05) is 33.7 Å². The summed E-state index contributed by atoms with van der Waals surface area (Å²) in [6.07, 6.45) is 1.86. The summed E-state index contributed by atoms with van der Waals surface area (Å²) in [4.78, 5) is 14.3. The van der Waals surface area contributed by atoms with Crippen LogP contribution in [0.3, 0.4) is 0 Å². The number of aromatic nitrogens is 3. The maximum atomic E-state index is 14.2. The molecule has 1 unspecified atom stereocenters. The Labute approximate surface area is 187 Å². The lowest BCUT2D eigenvalue weighted by Crippen LogP contribution is -2.36. The number of amides is 1. The fourth-order valence-electron chi connectivity index (χ4n) is 3.59. The first kappa shape index (κ1) is 26.2. The second-order valence-electron chi connectivity index (χ2n) is 7.27. The van der Waals surface area contributed by atoms with Crippen LogP contribution in [0.25, 0.3) is 0 Å². The summed E-state index contributed by atoms with van der Waals surface area (Å²) in [6.45, 7) is 3.68. The molecule has 0 spiro atoms. The van der Waals surface area contributed by atoms with Crippen LogP contribution in [-0.4, -0.2) is 59.5 Å². The van der Waals surface area contributed by atoms with Gasteiger partial charge in [0.25, 0.3) is 5.91 Å². The minimum absolute atomic E-state index is 0. The van der Waals surface area contributed by atoms with Gasteiger partial charge in [0.2, 0.25) is 0 Å². The number of likely N-dealkylation sites (N-methyl/N-ethyl adjacent to an activating group) is 1. The fourth-order valence-corrected chi connectivity index (χ4v) is 3.59. The largest absolute Gasteiger partial charge is 0.349 e. The average molecular weight is 465 g/mol. The van der Waals surface area contributed by atoms with Crippen molar-refractivity contribution in [1.82, 2.24) is 30.5 Å². The van der Waals surface area contributed by atoms with Crippen LogP contribution in [0.1, 0.15) is 46.7 Å². The molecule has 30 heavy (non-hydrogen) atoms. The van der Waals surface area contributed by atoms with Gasteiger partial charge in [-0.1, -0.05) is 11.3 Å². The van der Waals surface area contributed by atoms with Gasteiger partial charge in [-0.15, -0.1) is 29.9 Å². The molecule has 168 valence electrons. The fraction of sp³-hybridized carbons (Fsp3) is 0.526. The van der Waals surface area contributed by atoms with E-state index in [0.29, 0.717) is 5.69 Å². The summed E-state index contributed by atoms with van der Waals surface area (Å²) in [5.74, 6) is -1.68. The molecule has 1 aliphatic rings. The second-order valence-corrected chi connectivity index (χ2v) is 7.27. The van der Waals surface area contributed by atoms with E-state index in [1.165, 1.54) is 18.2 Å². The third-order valence-corrected chi connectivity index (χ3v) is 5.21. The van der Waals surface area contributed by atoms with Gasteiger partial charge in [-0.2, -0.15) is 0 Å². The first-order valence-electron chi connectivity index (χ1n) is 9.41. The SMILES string of the molecule is Cc1c(C(=O)NCC(c2c(F)cccc2F)N(C)C)nnn1C1CCNCC1.Cl.Cl. The standard InChI is InChI=1S/C19H26F2N6O.2ClH/c1-12-18(24-25-27(12)13-7-9-22-10-8-13)19(28)23-11-16(26(2)3)17-14(20)5-4-6-15(17)21;;/h4-6,13,16,22H,7-11H2,1-3H3,(H,23,28);2*1H. The van der Waals surface area contributed by atoms with Crippen molar-refractivity contribution >= 4 is 30.7 Å². The second kappa shape index (κ2) is 11.5. The third-order valence-electron chi connectivity index (χ3n) is 5.21. The third kappa shape index (κ3) is 5.66. The zero-order valence-electron chi connectivity index (χ0n) is 17.2. The highest BCUT2D eigenvalue weighted by Crippen LogP contribution is 2.24. The van der Waals surface area contributed by atoms with E-state index in [4.69, 9.17) is 0 Å². The van der Waals surface area contributed by atoms with Crippen LogP contribution in [0, 0.1) is 18.6 Å². The van der Waals surface area contributed by atoms with Crippen molar-refractivity contribution in [1.29, 1.82) is 0 Å². The monoisotopic (exact) mass is 464 g/mol. The molecule has 1 aliphatic heterocycles. The quantitative estimate of drug-likeness (QED) is 0.687. The van der Waals surface area contributed by atoms with E-state index < -0.39 is 23.6 Å². The van der Waals surface area contributed by atoms with Gasteiger partial charge < -0.3 is 15.5 Å². The molecule has 0 radical (unpaired) electrons. The molecule has 0 aliphatic carbocycles. The van der Waals surface area contributed by atoms with Crippen LogP contribution in [0.4, 0.5) is 8.78 Å². The Bertz CT molecular complexity index is 822. The zero-order valence-corrected chi connectivity index (χ0v) is 18.8. The van der Waals surface area contributed by atoms with E-state index >= 15 is 0 Å². The lowest BCUT2D eigenvalue weighted by atomic mass is 10.0. The van der Waals surface area contributed by atoms with Crippen molar-refractivity contribution in [2.24, 2.45) is 0 Å². The molecular formula is C19H28Cl2F2N6O. The first-order chi connectivity index (χ1) is 13.4. The molecule has 3 rings (SSSR count). The van der Waals surface area contributed by atoms with Crippen molar-refractivity contribution in [3.63, 3.8) is 0 Å². The van der Waals surface area contributed by atoms with E-state index in [-0.39, 0.29) is 48.7 Å². The topological polar surface area (TPSA) is 75.1 Å². The van der Waals surface area contributed by atoms with Crippen LogP contribution in [0.15, 0.2) is 18.2 Å². The smallest absolute Gasteiger partial charge is 0.273 e. The molecule has 1 aromatic heterocycles. The number of rotatable bonds is 6. The number of hydrogen-bond acceptors (Lipinski definition) is 5. The molecule has 1 amide bonds. The number of nitrogens with zero attached hydrogens (tertiary/aromatic N) is 4. The predicted octanol–water partition coefficient (Wildman–Crippen LogP) is 2.67. The molecular weight excluding hydrogens is 437 g/mol. The maximum absolute atomic E-state index is 14.2. The van der Waals surface area contributed by atoms with Gasteiger partial charge in [-0.3, -0.25) is 4.79 Å². The van der Waals surface area contributed by atoms with Crippen LogP contribution in [-0.2, 0) is 0 Å². The Balaban J connectivity index is 0.00000225. The van der Waals surface area contributed by atoms with Gasteiger partial charge in [0.05, 0.1) is 17.8 Å². The number of carbonyl (C=O) groups is 1. The first-order valence-corrected chi connectivity index (χ1v) is 9.41. The predicted molar refractivity (Wildman–Crippen MR) is 116 cm³/mol. The highest BCUT2D eigenvalue weighted by molar-refractivity contribution is 5.93. The Morgan fingerprint density at radius 1 is 1.27 bits per heavy atom. The highest BCUT2D eigenvalue weighted by atomic mass is 35.5. The molecule has 1 aromatic carbocycles. The van der Waals surface area contributed by atoms with Crippen molar-refractivity contribution in [3.05, 3.63) is 46.8 Å². The molecule has 11 heteroatoms. The lowest BCUT2D eigenvalue weighted by Gasteiger charge is -2.25. The average Bonchev–Trinajstić information content (AvgIpc) is 3.05. The molecule has 7 nitrogen and oxygen atoms in total. The molecule has 2 aromatic rings. The van der Waals surface area contributed by atoms with Gasteiger partial charge in [-0.05, 0) is 59.1 Å². The Hall–Kier alpha value is -1.81. The molecule has 1 atom stereocenters. The lowest BCUT2D eigenvalue weighted by molar-refractivity contribution is 0.0935. The minimum Gasteiger partial charge on any atom is -0.349 e. The van der Waals surface area contributed by atoms with Gasteiger partial charge in [-0.25, -0.2) is 13.5 Å². The van der Waals surface area contributed by atoms with Gasteiger partial charge >= 0.3 is 0 Å². The van der Waals surface area contributed by atoms with E-state index in [9.17, 15) is 13.6 Å². The van der Waals surface area contributed by atoms with E-state index in [1.807, 2.05) is 6.92 Å². The summed E-state index contributed by atoms with van der Waals surface area (Å²) >= 11 is 0. The highest BCUT2D eigenvalue weighted by Gasteiger charge is 2.26. The molecule has 2 N–H and O–H groups in total. The zero-order chi connectivity index (χ0) is 20.3. The van der Waals surface area contributed by atoms with Crippen molar-refractivity contribution in [3.8, 4) is 0 Å². The van der Waals surface area contributed by atoms with Crippen molar-refractivity contribution < 1.29 is 13.6 Å². The number of benzene rings is 1. The minimum atomic E-state index is -0.648. The summed E-state index contributed by atoms with van der Waals surface area (Å²) in [6, 6.07) is 3.32. The molecule has 0 bridgehead atoms. The van der Waals surface area contributed by atoms with E-state index in [2.05, 4.69) is 20.9 Å². The van der Waals surface area contributed by atoms with E-state index in [0.717, 1.165) is 25.9 Å². The van der Waals surface area contributed by atoms with Crippen LogP contribution in [0.5, 0.6) is 0 Å². The summed E-state index contributed by atoms with van der Waals surface area (Å²) in [7, 11) is 3.42. The summed E-state index contributed by atoms with van der Waals surface area (Å²) < 4.78 is 30.1. The van der Waals surface area contributed by atoms with Gasteiger partial charge in [0.1, 0.15) is 11.6 Å². The molecule has 0 saturated carbocycles. The Kier molecular flexibility index (Phi) is 10.1. The number of piperidine rings is 1. The number of nitrogens with one attached hydrogen (secondary N) is 2. The van der Waals surface area contributed by atoms with Gasteiger partial charge in [0, 0.05) is 12.1 Å². The molecule has 2 heterocycles. The normalized spacial score (nSPS) is 15.3. The molecule has 1 saturated heterocycles. The van der Waals surface area contributed by atoms with Crippen LogP contribution >= 0.6 is 24.8 Å². The van der Waals surface area contributed by atoms with Crippen molar-refractivity contribution in [2.45, 2.75) is 31.8 Å². The number of hydrogen-bond donors (Lipinski definition) is 2.